The van der Waals surface area contributed by atoms with E-state index in [-0.39, 0.29) is 19.1 Å². The number of halogens is 3. The third kappa shape index (κ3) is 11.6. The standard InChI is InChI=1S/C10H20F3NO/c1-3-6-14-8-9(2)15-7-4-5-10(11,12)13/h9,14H,3-8H2,1-2H3. The van der Waals surface area contributed by atoms with Gasteiger partial charge in [-0.05, 0) is 26.3 Å². The highest BCUT2D eigenvalue weighted by Gasteiger charge is 2.26. The Morgan fingerprint density at radius 3 is 2.53 bits per heavy atom. The highest BCUT2D eigenvalue weighted by atomic mass is 19.4. The lowest BCUT2D eigenvalue weighted by atomic mass is 10.3. The van der Waals surface area contributed by atoms with Gasteiger partial charge in [-0.1, -0.05) is 6.92 Å². The van der Waals surface area contributed by atoms with Crippen LogP contribution in [0.3, 0.4) is 0 Å². The molecule has 15 heavy (non-hydrogen) atoms. The zero-order chi connectivity index (χ0) is 11.7. The van der Waals surface area contributed by atoms with Crippen LogP contribution in [-0.4, -0.2) is 32.0 Å². The maximum absolute atomic E-state index is 11.8. The molecule has 1 N–H and O–H groups in total. The van der Waals surface area contributed by atoms with Crippen LogP contribution in [0.25, 0.3) is 0 Å². The largest absolute Gasteiger partial charge is 0.389 e. The lowest BCUT2D eigenvalue weighted by Gasteiger charge is -2.14. The molecule has 0 rings (SSSR count). The molecule has 92 valence electrons. The molecule has 0 saturated carbocycles. The molecule has 0 heterocycles. The Morgan fingerprint density at radius 2 is 2.00 bits per heavy atom. The first-order valence-corrected chi connectivity index (χ1v) is 5.34. The maximum atomic E-state index is 11.8. The van der Waals surface area contributed by atoms with Crippen LogP contribution in [0.5, 0.6) is 0 Å². The summed E-state index contributed by atoms with van der Waals surface area (Å²) < 4.78 is 40.5. The quantitative estimate of drug-likeness (QED) is 0.644. The molecule has 0 amide bonds. The molecule has 0 radical (unpaired) electrons. The Kier molecular flexibility index (Phi) is 7.78. The Bertz CT molecular complexity index is 150. The number of hydrogen-bond donors (Lipinski definition) is 1. The van der Waals surface area contributed by atoms with E-state index in [9.17, 15) is 13.2 Å². The van der Waals surface area contributed by atoms with Crippen LogP contribution in [0, 0.1) is 0 Å². The van der Waals surface area contributed by atoms with E-state index in [1.54, 1.807) is 0 Å². The van der Waals surface area contributed by atoms with Crippen LogP contribution in [0.4, 0.5) is 13.2 Å². The summed E-state index contributed by atoms with van der Waals surface area (Å²) in [4.78, 5) is 0. The van der Waals surface area contributed by atoms with Crippen molar-refractivity contribution in [1.29, 1.82) is 0 Å². The maximum Gasteiger partial charge on any atom is 0.389 e. The third-order valence-corrected chi connectivity index (χ3v) is 1.87. The minimum Gasteiger partial charge on any atom is -0.377 e. The molecule has 1 unspecified atom stereocenters. The first kappa shape index (κ1) is 14.7. The van der Waals surface area contributed by atoms with Crippen molar-refractivity contribution in [2.24, 2.45) is 0 Å². The smallest absolute Gasteiger partial charge is 0.377 e. The number of ether oxygens (including phenoxy) is 1. The second-order valence-electron chi connectivity index (χ2n) is 3.60. The number of rotatable bonds is 8. The number of hydrogen-bond acceptors (Lipinski definition) is 2. The molecule has 5 heteroatoms. The fourth-order valence-corrected chi connectivity index (χ4v) is 1.10. The molecule has 0 fully saturated rings. The molecular formula is C10H20F3NO. The van der Waals surface area contributed by atoms with Crippen molar-refractivity contribution in [3.05, 3.63) is 0 Å². The normalized spacial score (nSPS) is 14.2. The zero-order valence-electron chi connectivity index (χ0n) is 9.36. The van der Waals surface area contributed by atoms with E-state index in [1.165, 1.54) is 0 Å². The van der Waals surface area contributed by atoms with E-state index in [4.69, 9.17) is 4.74 Å². The van der Waals surface area contributed by atoms with Crippen LogP contribution in [0.1, 0.15) is 33.1 Å². The summed E-state index contributed by atoms with van der Waals surface area (Å²) in [6, 6.07) is 0. The van der Waals surface area contributed by atoms with Gasteiger partial charge in [0.2, 0.25) is 0 Å². The second-order valence-corrected chi connectivity index (χ2v) is 3.60. The van der Waals surface area contributed by atoms with Gasteiger partial charge in [0.25, 0.3) is 0 Å². The van der Waals surface area contributed by atoms with Crippen LogP contribution in [-0.2, 0) is 4.74 Å². The van der Waals surface area contributed by atoms with Gasteiger partial charge in [0.15, 0.2) is 0 Å². The molecule has 0 saturated heterocycles. The summed E-state index contributed by atoms with van der Waals surface area (Å²) in [7, 11) is 0. The molecule has 0 aromatic rings. The van der Waals surface area contributed by atoms with E-state index in [0.717, 1.165) is 13.0 Å². The third-order valence-electron chi connectivity index (χ3n) is 1.87. The fourth-order valence-electron chi connectivity index (χ4n) is 1.10. The molecule has 0 aliphatic rings. The summed E-state index contributed by atoms with van der Waals surface area (Å²) in [5, 5.41) is 3.14. The highest BCUT2D eigenvalue weighted by Crippen LogP contribution is 2.21. The predicted octanol–water partition coefficient (Wildman–Crippen LogP) is 2.73. The lowest BCUT2D eigenvalue weighted by molar-refractivity contribution is -0.138. The fraction of sp³-hybridized carbons (Fsp3) is 1.00. The average molecular weight is 227 g/mol. The van der Waals surface area contributed by atoms with Crippen molar-refractivity contribution in [1.82, 2.24) is 5.32 Å². The van der Waals surface area contributed by atoms with Gasteiger partial charge in [0.1, 0.15) is 0 Å². The Balaban J connectivity index is 3.27. The molecular weight excluding hydrogens is 207 g/mol. The van der Waals surface area contributed by atoms with Crippen molar-refractivity contribution >= 4 is 0 Å². The van der Waals surface area contributed by atoms with E-state index in [0.29, 0.717) is 6.54 Å². The van der Waals surface area contributed by atoms with E-state index in [1.807, 2.05) is 6.92 Å². The molecule has 1 atom stereocenters. The molecule has 0 aliphatic carbocycles. The van der Waals surface area contributed by atoms with Gasteiger partial charge < -0.3 is 10.1 Å². The zero-order valence-corrected chi connectivity index (χ0v) is 9.36. The summed E-state index contributed by atoms with van der Waals surface area (Å²) in [5.74, 6) is 0. The van der Waals surface area contributed by atoms with Crippen molar-refractivity contribution in [2.45, 2.75) is 45.4 Å². The predicted molar refractivity (Wildman–Crippen MR) is 53.9 cm³/mol. The molecule has 0 bridgehead atoms. The lowest BCUT2D eigenvalue weighted by Crippen LogP contribution is -2.27. The SMILES string of the molecule is CCCNCC(C)OCCCC(F)(F)F. The number of alkyl halides is 3. The summed E-state index contributed by atoms with van der Waals surface area (Å²) in [6.45, 7) is 5.70. The second kappa shape index (κ2) is 7.93. The molecule has 0 aliphatic heterocycles. The minimum absolute atomic E-state index is 0.0233. The van der Waals surface area contributed by atoms with Gasteiger partial charge >= 0.3 is 6.18 Å². The molecule has 0 aromatic heterocycles. The Hall–Kier alpha value is -0.290. The topological polar surface area (TPSA) is 21.3 Å². The monoisotopic (exact) mass is 227 g/mol. The molecule has 2 nitrogen and oxygen atoms in total. The van der Waals surface area contributed by atoms with Crippen molar-refractivity contribution in [2.75, 3.05) is 19.7 Å². The summed E-state index contributed by atoms with van der Waals surface area (Å²) in [6.07, 6.45) is -3.76. The van der Waals surface area contributed by atoms with Gasteiger partial charge in [0.05, 0.1) is 6.10 Å². The van der Waals surface area contributed by atoms with Gasteiger partial charge in [-0.15, -0.1) is 0 Å². The van der Waals surface area contributed by atoms with E-state index in [2.05, 4.69) is 12.2 Å². The summed E-state index contributed by atoms with van der Waals surface area (Å²) in [5.41, 5.74) is 0. The van der Waals surface area contributed by atoms with Crippen molar-refractivity contribution in [3.63, 3.8) is 0 Å². The van der Waals surface area contributed by atoms with Crippen LogP contribution in [0.15, 0.2) is 0 Å². The highest BCUT2D eigenvalue weighted by molar-refractivity contribution is 4.56. The van der Waals surface area contributed by atoms with Crippen molar-refractivity contribution < 1.29 is 17.9 Å². The van der Waals surface area contributed by atoms with E-state index >= 15 is 0 Å². The van der Waals surface area contributed by atoms with Crippen LogP contribution < -0.4 is 5.32 Å². The average Bonchev–Trinajstić information content (AvgIpc) is 2.11. The van der Waals surface area contributed by atoms with Gasteiger partial charge in [-0.3, -0.25) is 0 Å². The van der Waals surface area contributed by atoms with Gasteiger partial charge in [-0.2, -0.15) is 13.2 Å². The molecule has 0 spiro atoms. The summed E-state index contributed by atoms with van der Waals surface area (Å²) >= 11 is 0. The van der Waals surface area contributed by atoms with Crippen LogP contribution >= 0.6 is 0 Å². The number of nitrogens with one attached hydrogen (secondary N) is 1. The van der Waals surface area contributed by atoms with Crippen LogP contribution in [0.2, 0.25) is 0 Å². The first-order chi connectivity index (χ1) is 6.95. The van der Waals surface area contributed by atoms with Crippen molar-refractivity contribution in [3.8, 4) is 0 Å². The Morgan fingerprint density at radius 1 is 1.33 bits per heavy atom. The van der Waals surface area contributed by atoms with Gasteiger partial charge in [-0.25, -0.2) is 0 Å². The molecule has 0 aromatic carbocycles. The first-order valence-electron chi connectivity index (χ1n) is 5.34. The minimum atomic E-state index is -4.06. The Labute approximate surface area is 89.2 Å². The van der Waals surface area contributed by atoms with Gasteiger partial charge in [0, 0.05) is 19.6 Å². The van der Waals surface area contributed by atoms with E-state index < -0.39 is 12.6 Å².